The summed E-state index contributed by atoms with van der Waals surface area (Å²) in [6, 6.07) is 7.30. The van der Waals surface area contributed by atoms with E-state index in [4.69, 9.17) is 0 Å². The van der Waals surface area contributed by atoms with Crippen LogP contribution in [-0.4, -0.2) is 31.3 Å². The second kappa shape index (κ2) is 4.91. The van der Waals surface area contributed by atoms with Gasteiger partial charge >= 0.3 is 5.97 Å². The maximum Gasteiger partial charge on any atom is 0.325 e. The highest BCUT2D eigenvalue weighted by molar-refractivity contribution is 7.94. The number of aliphatic carboxylic acids is 1. The first-order valence-corrected chi connectivity index (χ1v) is 7.14. The summed E-state index contributed by atoms with van der Waals surface area (Å²) in [6.45, 7) is 0. The Kier molecular flexibility index (Phi) is 3.49. The fraction of sp³-hybridized carbons (Fsp3) is 0.250. The van der Waals surface area contributed by atoms with E-state index in [1.165, 1.54) is 6.08 Å². The summed E-state index contributed by atoms with van der Waals surface area (Å²) in [5, 5.41) is 13.1. The lowest BCUT2D eigenvalue weighted by Crippen LogP contribution is -2.37. The minimum absolute atomic E-state index is 0.0936. The molecule has 0 saturated carbocycles. The lowest BCUT2D eigenvalue weighted by Gasteiger charge is -2.18. The Labute approximate surface area is 105 Å². The van der Waals surface area contributed by atoms with Gasteiger partial charge in [0, 0.05) is 11.4 Å². The maximum atomic E-state index is 11.3. The highest BCUT2D eigenvalue weighted by Crippen LogP contribution is 2.17. The Hall–Kier alpha value is -1.66. The zero-order chi connectivity index (χ0) is 13.2. The first kappa shape index (κ1) is 12.8. The molecule has 1 heterocycles. The van der Waals surface area contributed by atoms with Crippen LogP contribution in [0, 0.1) is 0 Å². The summed E-state index contributed by atoms with van der Waals surface area (Å²) in [6.07, 6.45) is 1.48. The number of rotatable bonds is 4. The third-order valence-electron chi connectivity index (χ3n) is 2.69. The van der Waals surface area contributed by atoms with E-state index in [2.05, 4.69) is 5.32 Å². The predicted octanol–water partition coefficient (Wildman–Crippen LogP) is 0.713. The number of nitrogens with one attached hydrogen (secondary N) is 1. The van der Waals surface area contributed by atoms with Crippen LogP contribution in [0.25, 0.3) is 0 Å². The predicted molar refractivity (Wildman–Crippen MR) is 66.7 cm³/mol. The van der Waals surface area contributed by atoms with E-state index in [9.17, 15) is 18.3 Å². The highest BCUT2D eigenvalue weighted by atomic mass is 32.2. The van der Waals surface area contributed by atoms with Gasteiger partial charge in [-0.2, -0.15) is 0 Å². The molecule has 1 aromatic rings. The van der Waals surface area contributed by atoms with Crippen molar-refractivity contribution in [2.45, 2.75) is 12.1 Å². The SMILES string of the molecule is O=C(O)C(NC1C=CS(=O)(=O)C1)c1ccccc1. The van der Waals surface area contributed by atoms with E-state index in [1.54, 1.807) is 30.3 Å². The smallest absolute Gasteiger partial charge is 0.325 e. The molecule has 96 valence electrons. The van der Waals surface area contributed by atoms with Crippen molar-refractivity contribution in [1.82, 2.24) is 5.32 Å². The molecule has 5 nitrogen and oxygen atoms in total. The van der Waals surface area contributed by atoms with Gasteiger partial charge in [-0.1, -0.05) is 36.4 Å². The average Bonchev–Trinajstić information content (AvgIpc) is 2.66. The molecule has 0 bridgehead atoms. The van der Waals surface area contributed by atoms with Gasteiger partial charge in [-0.25, -0.2) is 8.42 Å². The van der Waals surface area contributed by atoms with Crippen molar-refractivity contribution in [3.05, 3.63) is 47.4 Å². The minimum atomic E-state index is -3.18. The molecule has 0 spiro atoms. The lowest BCUT2D eigenvalue weighted by molar-refractivity contribution is -0.139. The van der Waals surface area contributed by atoms with Gasteiger partial charge in [-0.05, 0) is 5.56 Å². The molecule has 0 saturated heterocycles. The number of carboxylic acids is 1. The summed E-state index contributed by atoms with van der Waals surface area (Å²) in [5.41, 5.74) is 0.600. The Morgan fingerprint density at radius 1 is 1.33 bits per heavy atom. The molecule has 2 atom stereocenters. The van der Waals surface area contributed by atoms with E-state index >= 15 is 0 Å². The van der Waals surface area contributed by atoms with E-state index < -0.39 is 27.9 Å². The third kappa shape index (κ3) is 2.96. The zero-order valence-electron chi connectivity index (χ0n) is 9.48. The Morgan fingerprint density at radius 2 is 2.00 bits per heavy atom. The molecule has 18 heavy (non-hydrogen) atoms. The van der Waals surface area contributed by atoms with Gasteiger partial charge in [-0.3, -0.25) is 10.1 Å². The van der Waals surface area contributed by atoms with Crippen LogP contribution in [0.1, 0.15) is 11.6 Å². The molecule has 2 rings (SSSR count). The van der Waals surface area contributed by atoms with Gasteiger partial charge in [0.25, 0.3) is 0 Å². The molecule has 0 radical (unpaired) electrons. The number of hydrogen-bond acceptors (Lipinski definition) is 4. The van der Waals surface area contributed by atoms with Gasteiger partial charge in [0.15, 0.2) is 9.84 Å². The van der Waals surface area contributed by atoms with Crippen LogP contribution < -0.4 is 5.32 Å². The quantitative estimate of drug-likeness (QED) is 0.839. The van der Waals surface area contributed by atoms with Crippen molar-refractivity contribution >= 4 is 15.8 Å². The van der Waals surface area contributed by atoms with Crippen molar-refractivity contribution in [2.75, 3.05) is 5.75 Å². The van der Waals surface area contributed by atoms with Crippen LogP contribution in [-0.2, 0) is 14.6 Å². The molecule has 0 aliphatic carbocycles. The molecule has 2 unspecified atom stereocenters. The van der Waals surface area contributed by atoms with Crippen molar-refractivity contribution in [3.63, 3.8) is 0 Å². The Bertz CT molecular complexity index is 565. The van der Waals surface area contributed by atoms with Crippen molar-refractivity contribution in [2.24, 2.45) is 0 Å². The maximum absolute atomic E-state index is 11.3. The van der Waals surface area contributed by atoms with Crippen LogP contribution in [0.2, 0.25) is 0 Å². The normalized spacial score (nSPS) is 22.8. The molecule has 0 aromatic heterocycles. The molecular formula is C12H13NO4S. The lowest BCUT2D eigenvalue weighted by atomic mass is 10.1. The van der Waals surface area contributed by atoms with Crippen LogP contribution in [0.3, 0.4) is 0 Å². The van der Waals surface area contributed by atoms with Gasteiger partial charge < -0.3 is 5.11 Å². The average molecular weight is 267 g/mol. The molecule has 0 fully saturated rings. The van der Waals surface area contributed by atoms with Gasteiger partial charge in [-0.15, -0.1) is 0 Å². The summed E-state index contributed by atoms with van der Waals surface area (Å²) in [4.78, 5) is 11.2. The molecule has 1 aliphatic rings. The fourth-order valence-electron chi connectivity index (χ4n) is 1.85. The first-order valence-electron chi connectivity index (χ1n) is 5.43. The van der Waals surface area contributed by atoms with Gasteiger partial charge in [0.05, 0.1) is 5.75 Å². The van der Waals surface area contributed by atoms with Crippen molar-refractivity contribution < 1.29 is 18.3 Å². The molecular weight excluding hydrogens is 254 g/mol. The number of carboxylic acid groups (broad SMARTS) is 1. The number of carbonyl (C=O) groups is 1. The second-order valence-corrected chi connectivity index (χ2v) is 6.04. The van der Waals surface area contributed by atoms with E-state index in [-0.39, 0.29) is 5.75 Å². The third-order valence-corrected chi connectivity index (χ3v) is 4.09. The van der Waals surface area contributed by atoms with Crippen LogP contribution in [0.4, 0.5) is 0 Å². The summed E-state index contributed by atoms with van der Waals surface area (Å²) < 4.78 is 22.5. The van der Waals surface area contributed by atoms with Crippen LogP contribution in [0.15, 0.2) is 41.8 Å². The summed E-state index contributed by atoms with van der Waals surface area (Å²) in [5.74, 6) is -1.12. The molecule has 0 amide bonds. The number of benzene rings is 1. The molecule has 1 aromatic carbocycles. The highest BCUT2D eigenvalue weighted by Gasteiger charge is 2.27. The minimum Gasteiger partial charge on any atom is -0.480 e. The van der Waals surface area contributed by atoms with Crippen molar-refractivity contribution in [3.8, 4) is 0 Å². The van der Waals surface area contributed by atoms with E-state index in [0.717, 1.165) is 5.41 Å². The van der Waals surface area contributed by atoms with Gasteiger partial charge in [0.2, 0.25) is 0 Å². The van der Waals surface area contributed by atoms with Crippen LogP contribution >= 0.6 is 0 Å². The standard InChI is InChI=1S/C12H13NO4S/c14-12(15)11(9-4-2-1-3-5-9)13-10-6-7-18(16,17)8-10/h1-7,10-11,13H,8H2,(H,14,15). The monoisotopic (exact) mass is 267 g/mol. The Balaban J connectivity index is 2.14. The van der Waals surface area contributed by atoms with Crippen molar-refractivity contribution in [1.29, 1.82) is 0 Å². The first-order chi connectivity index (χ1) is 8.48. The van der Waals surface area contributed by atoms with Gasteiger partial charge in [0.1, 0.15) is 6.04 Å². The number of sulfone groups is 1. The van der Waals surface area contributed by atoms with E-state index in [1.807, 2.05) is 0 Å². The Morgan fingerprint density at radius 3 is 2.50 bits per heavy atom. The summed E-state index contributed by atoms with van der Waals surface area (Å²) in [7, 11) is -3.18. The fourth-order valence-corrected chi connectivity index (χ4v) is 3.10. The largest absolute Gasteiger partial charge is 0.480 e. The zero-order valence-corrected chi connectivity index (χ0v) is 10.3. The topological polar surface area (TPSA) is 83.5 Å². The molecule has 6 heteroatoms. The number of hydrogen-bond donors (Lipinski definition) is 2. The second-order valence-electron chi connectivity index (χ2n) is 4.11. The van der Waals surface area contributed by atoms with Crippen LogP contribution in [0.5, 0.6) is 0 Å². The molecule has 2 N–H and O–H groups in total. The molecule has 1 aliphatic heterocycles. The van der Waals surface area contributed by atoms with E-state index in [0.29, 0.717) is 5.56 Å². The summed E-state index contributed by atoms with van der Waals surface area (Å²) >= 11 is 0.